The van der Waals surface area contributed by atoms with Gasteiger partial charge in [-0.1, -0.05) is 6.07 Å². The molecule has 1 aromatic carbocycles. The molecule has 1 aromatic heterocycles. The fourth-order valence-electron chi connectivity index (χ4n) is 2.80. The van der Waals surface area contributed by atoms with Crippen molar-refractivity contribution < 1.29 is 9.53 Å². The lowest BCUT2D eigenvalue weighted by Crippen LogP contribution is -2.31. The van der Waals surface area contributed by atoms with E-state index in [1.54, 1.807) is 0 Å². The Morgan fingerprint density at radius 2 is 1.92 bits per heavy atom. The van der Waals surface area contributed by atoms with E-state index in [1.807, 2.05) is 26.0 Å². The molecule has 1 unspecified atom stereocenters. The molecule has 1 saturated heterocycles. The molecule has 1 aliphatic rings. The number of aromatic nitrogens is 2. The van der Waals surface area contributed by atoms with Crippen molar-refractivity contribution in [3.8, 4) is 0 Å². The van der Waals surface area contributed by atoms with E-state index < -0.39 is 0 Å². The van der Waals surface area contributed by atoms with E-state index in [2.05, 4.69) is 26.7 Å². The van der Waals surface area contributed by atoms with E-state index in [9.17, 15) is 4.79 Å². The highest BCUT2D eigenvalue weighted by Crippen LogP contribution is 2.17. The number of ether oxygens (including phenoxy) is 1. The first kappa shape index (κ1) is 16.4. The zero-order valence-electron chi connectivity index (χ0n) is 14.0. The summed E-state index contributed by atoms with van der Waals surface area (Å²) in [5.41, 5.74) is 3.72. The number of anilines is 2. The predicted octanol–water partition coefficient (Wildman–Crippen LogP) is 2.75. The van der Waals surface area contributed by atoms with Gasteiger partial charge in [0, 0.05) is 31.2 Å². The Morgan fingerprint density at radius 1 is 1.21 bits per heavy atom. The third kappa shape index (κ3) is 4.29. The average Bonchev–Trinajstić information content (AvgIpc) is 3.06. The van der Waals surface area contributed by atoms with Crippen LogP contribution in [0, 0.1) is 13.8 Å². The van der Waals surface area contributed by atoms with Crippen LogP contribution in [0.2, 0.25) is 0 Å². The monoisotopic (exact) mass is 326 g/mol. The summed E-state index contributed by atoms with van der Waals surface area (Å²) in [7, 11) is 0. The van der Waals surface area contributed by atoms with Crippen LogP contribution in [-0.2, 0) is 4.74 Å². The highest BCUT2D eigenvalue weighted by atomic mass is 16.5. The fourth-order valence-corrected chi connectivity index (χ4v) is 2.80. The highest BCUT2D eigenvalue weighted by molar-refractivity contribution is 5.93. The van der Waals surface area contributed by atoms with Crippen LogP contribution in [0.5, 0.6) is 0 Å². The van der Waals surface area contributed by atoms with Crippen molar-refractivity contribution in [1.29, 1.82) is 0 Å². The number of aryl methyl sites for hydroxylation is 2. The number of hydrogen-bond acceptors (Lipinski definition) is 5. The van der Waals surface area contributed by atoms with Gasteiger partial charge in [0.2, 0.25) is 5.95 Å². The van der Waals surface area contributed by atoms with Crippen molar-refractivity contribution >= 4 is 17.5 Å². The Balaban J connectivity index is 1.59. The van der Waals surface area contributed by atoms with Crippen LogP contribution in [0.4, 0.5) is 11.6 Å². The third-order valence-electron chi connectivity index (χ3n) is 3.91. The lowest BCUT2D eigenvalue weighted by atomic mass is 10.1. The molecule has 0 spiro atoms. The van der Waals surface area contributed by atoms with Crippen LogP contribution < -0.4 is 10.6 Å². The second kappa shape index (κ2) is 7.40. The molecule has 0 aliphatic carbocycles. The third-order valence-corrected chi connectivity index (χ3v) is 3.91. The molecule has 2 aromatic rings. The summed E-state index contributed by atoms with van der Waals surface area (Å²) in [6, 6.07) is 6.16. The molecule has 24 heavy (non-hydrogen) atoms. The number of carbonyl (C=O) groups excluding carboxylic acids is 1. The zero-order valence-corrected chi connectivity index (χ0v) is 14.0. The van der Waals surface area contributed by atoms with Crippen LogP contribution in [0.15, 0.2) is 30.6 Å². The average molecular weight is 326 g/mol. The fraction of sp³-hybridized carbons (Fsp3) is 0.389. The maximum Gasteiger partial charge on any atom is 0.254 e. The summed E-state index contributed by atoms with van der Waals surface area (Å²) in [6.07, 6.45) is 5.24. The van der Waals surface area contributed by atoms with E-state index >= 15 is 0 Å². The quantitative estimate of drug-likeness (QED) is 0.883. The molecule has 6 nitrogen and oxygen atoms in total. The van der Waals surface area contributed by atoms with Crippen LogP contribution in [0.25, 0.3) is 0 Å². The van der Waals surface area contributed by atoms with Crippen molar-refractivity contribution in [1.82, 2.24) is 15.3 Å². The Bertz CT molecular complexity index is 689. The molecule has 2 heterocycles. The number of hydrogen-bond donors (Lipinski definition) is 2. The van der Waals surface area contributed by atoms with Crippen LogP contribution in [0.3, 0.4) is 0 Å². The molecule has 2 N–H and O–H groups in total. The summed E-state index contributed by atoms with van der Waals surface area (Å²) >= 11 is 0. The minimum absolute atomic E-state index is 0.125. The first-order valence-corrected chi connectivity index (χ1v) is 8.17. The molecular weight excluding hydrogens is 304 g/mol. The van der Waals surface area contributed by atoms with Gasteiger partial charge in [-0.15, -0.1) is 0 Å². The molecular formula is C18H22N4O2. The molecule has 1 atom stereocenters. The molecule has 1 aliphatic heterocycles. The maximum absolute atomic E-state index is 12.1. The van der Waals surface area contributed by atoms with Crippen molar-refractivity contribution in [3.05, 3.63) is 47.3 Å². The molecule has 3 rings (SSSR count). The van der Waals surface area contributed by atoms with E-state index in [1.165, 1.54) is 23.5 Å². The first-order valence-electron chi connectivity index (χ1n) is 8.17. The number of nitrogens with zero attached hydrogens (tertiary/aromatic N) is 2. The molecule has 0 saturated carbocycles. The van der Waals surface area contributed by atoms with Crippen molar-refractivity contribution in [2.24, 2.45) is 0 Å². The molecule has 1 amide bonds. The number of carbonyl (C=O) groups is 1. The van der Waals surface area contributed by atoms with Gasteiger partial charge in [-0.2, -0.15) is 0 Å². The Labute approximate surface area is 141 Å². The molecule has 0 radical (unpaired) electrons. The summed E-state index contributed by atoms with van der Waals surface area (Å²) in [6.45, 7) is 5.39. The standard InChI is InChI=1S/C18H22N4O2/c1-12-6-13(2)8-15(7-12)22-18-20-9-14(10-21-18)17(23)19-11-16-4-3-5-24-16/h6-10,16H,3-5,11H2,1-2H3,(H,19,23)(H,20,21,22). The molecule has 0 bridgehead atoms. The topological polar surface area (TPSA) is 76.1 Å². The van der Waals surface area contributed by atoms with Gasteiger partial charge in [-0.3, -0.25) is 4.79 Å². The Morgan fingerprint density at radius 3 is 2.54 bits per heavy atom. The summed E-state index contributed by atoms with van der Waals surface area (Å²) < 4.78 is 5.49. The SMILES string of the molecule is Cc1cc(C)cc(Nc2ncc(C(=O)NCC3CCCO3)cn2)c1. The minimum atomic E-state index is -0.177. The lowest BCUT2D eigenvalue weighted by molar-refractivity contribution is 0.0857. The van der Waals surface area contributed by atoms with Crippen molar-refractivity contribution in [2.45, 2.75) is 32.8 Å². The normalized spacial score (nSPS) is 16.8. The van der Waals surface area contributed by atoms with Gasteiger partial charge in [0.1, 0.15) is 0 Å². The zero-order chi connectivity index (χ0) is 16.9. The smallest absolute Gasteiger partial charge is 0.254 e. The maximum atomic E-state index is 12.1. The molecule has 126 valence electrons. The van der Waals surface area contributed by atoms with Gasteiger partial charge in [-0.05, 0) is 49.9 Å². The molecule has 6 heteroatoms. The number of rotatable bonds is 5. The van der Waals surface area contributed by atoms with E-state index in [4.69, 9.17) is 4.74 Å². The second-order valence-corrected chi connectivity index (χ2v) is 6.14. The van der Waals surface area contributed by atoms with Gasteiger partial charge >= 0.3 is 0 Å². The van der Waals surface area contributed by atoms with Gasteiger partial charge < -0.3 is 15.4 Å². The van der Waals surface area contributed by atoms with Gasteiger partial charge in [0.15, 0.2) is 0 Å². The van der Waals surface area contributed by atoms with Crippen LogP contribution in [-0.4, -0.2) is 35.1 Å². The summed E-state index contributed by atoms with van der Waals surface area (Å²) in [5, 5.41) is 6.02. The predicted molar refractivity (Wildman–Crippen MR) is 92.5 cm³/mol. The highest BCUT2D eigenvalue weighted by Gasteiger charge is 2.17. The van der Waals surface area contributed by atoms with Crippen LogP contribution in [0.1, 0.15) is 34.3 Å². The van der Waals surface area contributed by atoms with Gasteiger partial charge in [0.25, 0.3) is 5.91 Å². The first-order chi connectivity index (χ1) is 11.6. The minimum Gasteiger partial charge on any atom is -0.376 e. The number of benzene rings is 1. The number of nitrogens with one attached hydrogen (secondary N) is 2. The number of amides is 1. The van der Waals surface area contributed by atoms with Crippen molar-refractivity contribution in [3.63, 3.8) is 0 Å². The molecule has 1 fully saturated rings. The van der Waals surface area contributed by atoms with Crippen LogP contribution >= 0.6 is 0 Å². The van der Waals surface area contributed by atoms with Gasteiger partial charge in [0.05, 0.1) is 11.7 Å². The summed E-state index contributed by atoms with van der Waals surface area (Å²) in [4.78, 5) is 20.5. The van der Waals surface area contributed by atoms with Gasteiger partial charge in [-0.25, -0.2) is 9.97 Å². The lowest BCUT2D eigenvalue weighted by Gasteiger charge is -2.11. The van der Waals surface area contributed by atoms with E-state index in [-0.39, 0.29) is 12.0 Å². The summed E-state index contributed by atoms with van der Waals surface area (Å²) in [5.74, 6) is 0.291. The largest absolute Gasteiger partial charge is 0.376 e. The van der Waals surface area contributed by atoms with Crippen molar-refractivity contribution in [2.75, 3.05) is 18.5 Å². The second-order valence-electron chi connectivity index (χ2n) is 6.14. The Hall–Kier alpha value is -2.47. The van der Waals surface area contributed by atoms with E-state index in [0.717, 1.165) is 25.1 Å². The Kier molecular flexibility index (Phi) is 5.05. The van der Waals surface area contributed by atoms with E-state index in [0.29, 0.717) is 18.1 Å².